The van der Waals surface area contributed by atoms with Gasteiger partial charge in [0.1, 0.15) is 17.2 Å². The second-order valence-corrected chi connectivity index (χ2v) is 8.72. The van der Waals surface area contributed by atoms with Crippen molar-refractivity contribution in [3.63, 3.8) is 0 Å². The number of hydrogen-bond acceptors (Lipinski definition) is 5. The number of hydrogen-bond donors (Lipinski definition) is 0. The molecule has 0 saturated carbocycles. The summed E-state index contributed by atoms with van der Waals surface area (Å²) in [7, 11) is 1.62. The summed E-state index contributed by atoms with van der Waals surface area (Å²) in [4.78, 5) is 30.0. The SMILES string of the molecule is COc1cc(N2C(=O)c3ccc(Oc4ccccc4)cc3C2=O)ccc1CCCN1CCCC1. The number of carbonyl (C=O) groups excluding carboxylic acids is 2. The molecule has 2 aliphatic rings. The maximum absolute atomic E-state index is 13.2. The second kappa shape index (κ2) is 9.69. The molecule has 0 N–H and O–H groups in total. The van der Waals surface area contributed by atoms with Crippen LogP contribution in [0.15, 0.2) is 66.7 Å². The maximum Gasteiger partial charge on any atom is 0.266 e. The number of fused-ring (bicyclic) bond motifs is 1. The third-order valence-electron chi connectivity index (χ3n) is 6.48. The molecule has 0 radical (unpaired) electrons. The Balaban J connectivity index is 1.33. The molecule has 3 aromatic rings. The van der Waals surface area contributed by atoms with E-state index in [1.54, 1.807) is 31.4 Å². The highest BCUT2D eigenvalue weighted by atomic mass is 16.5. The van der Waals surface area contributed by atoms with Gasteiger partial charge in [0, 0.05) is 6.07 Å². The summed E-state index contributed by atoms with van der Waals surface area (Å²) in [6.45, 7) is 3.46. The lowest BCUT2D eigenvalue weighted by Gasteiger charge is -2.18. The van der Waals surface area contributed by atoms with E-state index >= 15 is 0 Å². The van der Waals surface area contributed by atoms with Gasteiger partial charge in [-0.3, -0.25) is 9.59 Å². The number of likely N-dealkylation sites (tertiary alicyclic amines) is 1. The number of aryl methyl sites for hydroxylation is 1. The van der Waals surface area contributed by atoms with Crippen LogP contribution in [0.4, 0.5) is 5.69 Å². The summed E-state index contributed by atoms with van der Waals surface area (Å²) in [6, 6.07) is 19.9. The fourth-order valence-corrected chi connectivity index (χ4v) is 4.72. The molecule has 5 rings (SSSR count). The van der Waals surface area contributed by atoms with Crippen molar-refractivity contribution < 1.29 is 19.1 Å². The first kappa shape index (κ1) is 22.2. The molecule has 0 atom stereocenters. The Labute approximate surface area is 199 Å². The fourth-order valence-electron chi connectivity index (χ4n) is 4.72. The average molecular weight is 457 g/mol. The van der Waals surface area contributed by atoms with Gasteiger partial charge in [-0.2, -0.15) is 0 Å². The zero-order chi connectivity index (χ0) is 23.5. The van der Waals surface area contributed by atoms with Gasteiger partial charge in [0.25, 0.3) is 11.8 Å². The van der Waals surface area contributed by atoms with Crippen LogP contribution >= 0.6 is 0 Å². The van der Waals surface area contributed by atoms with Crippen molar-refractivity contribution in [3.05, 3.63) is 83.4 Å². The van der Waals surface area contributed by atoms with Gasteiger partial charge in [-0.1, -0.05) is 24.3 Å². The first-order chi connectivity index (χ1) is 16.6. The number of carbonyl (C=O) groups is 2. The van der Waals surface area contributed by atoms with E-state index in [-0.39, 0.29) is 11.8 Å². The highest BCUT2D eigenvalue weighted by Gasteiger charge is 2.37. The molecule has 34 heavy (non-hydrogen) atoms. The number of imide groups is 1. The minimum atomic E-state index is -0.359. The lowest BCUT2D eigenvalue weighted by molar-refractivity contribution is 0.0926. The molecule has 0 aromatic heterocycles. The van der Waals surface area contributed by atoms with E-state index < -0.39 is 0 Å². The van der Waals surface area contributed by atoms with Gasteiger partial charge < -0.3 is 14.4 Å². The Morgan fingerprint density at radius 1 is 0.824 bits per heavy atom. The Hall–Kier alpha value is -3.64. The fraction of sp³-hybridized carbons (Fsp3) is 0.286. The van der Waals surface area contributed by atoms with Crippen LogP contribution in [0.25, 0.3) is 0 Å². The van der Waals surface area contributed by atoms with E-state index in [0.717, 1.165) is 24.9 Å². The Morgan fingerprint density at radius 3 is 2.35 bits per heavy atom. The number of ether oxygens (including phenoxy) is 2. The van der Waals surface area contributed by atoms with Gasteiger partial charge in [0.2, 0.25) is 0 Å². The van der Waals surface area contributed by atoms with Crippen molar-refractivity contribution in [2.45, 2.75) is 25.7 Å². The number of amides is 2. The van der Waals surface area contributed by atoms with Gasteiger partial charge in [-0.05, 0) is 87.3 Å². The molecule has 1 saturated heterocycles. The van der Waals surface area contributed by atoms with Crippen LogP contribution in [0.3, 0.4) is 0 Å². The molecule has 0 unspecified atom stereocenters. The van der Waals surface area contributed by atoms with Crippen LogP contribution in [0, 0.1) is 0 Å². The van der Waals surface area contributed by atoms with Crippen molar-refractivity contribution >= 4 is 17.5 Å². The molecule has 1 fully saturated rings. The second-order valence-electron chi connectivity index (χ2n) is 8.72. The Bertz CT molecular complexity index is 1200. The van der Waals surface area contributed by atoms with Gasteiger partial charge in [0.15, 0.2) is 0 Å². The number of rotatable bonds is 8. The lowest BCUT2D eigenvalue weighted by atomic mass is 10.1. The molecule has 2 aliphatic heterocycles. The topological polar surface area (TPSA) is 59.1 Å². The smallest absolute Gasteiger partial charge is 0.266 e. The standard InChI is InChI=1S/C28H28N2O4/c1-33-26-18-21(12-11-20(26)8-7-17-29-15-5-6-16-29)30-27(31)24-14-13-23(19-25(24)28(30)32)34-22-9-3-2-4-10-22/h2-4,9-14,18-19H,5-8,15-17H2,1H3. The quantitative estimate of drug-likeness (QED) is 0.430. The summed E-state index contributed by atoms with van der Waals surface area (Å²) in [5.74, 6) is 1.18. The number of benzene rings is 3. The van der Waals surface area contributed by atoms with E-state index in [1.165, 1.54) is 30.8 Å². The summed E-state index contributed by atoms with van der Waals surface area (Å²) in [6.07, 6.45) is 4.52. The minimum absolute atomic E-state index is 0.338. The molecule has 3 aromatic carbocycles. The molecule has 6 heteroatoms. The number of anilines is 1. The Kier molecular flexibility index (Phi) is 6.32. The van der Waals surface area contributed by atoms with Gasteiger partial charge in [-0.25, -0.2) is 4.90 Å². The van der Waals surface area contributed by atoms with Crippen LogP contribution in [0.5, 0.6) is 17.2 Å². The third-order valence-corrected chi connectivity index (χ3v) is 6.48. The normalized spacial score (nSPS) is 15.6. The molecule has 0 spiro atoms. The molecule has 0 bridgehead atoms. The predicted molar refractivity (Wildman–Crippen MR) is 131 cm³/mol. The lowest BCUT2D eigenvalue weighted by Crippen LogP contribution is -2.29. The first-order valence-electron chi connectivity index (χ1n) is 11.8. The van der Waals surface area contributed by atoms with E-state index in [9.17, 15) is 9.59 Å². The molecular weight excluding hydrogens is 428 g/mol. The van der Waals surface area contributed by atoms with Crippen LogP contribution < -0.4 is 14.4 Å². The molecule has 2 amide bonds. The summed E-state index contributed by atoms with van der Waals surface area (Å²) in [5, 5.41) is 0. The van der Waals surface area contributed by atoms with Crippen molar-refractivity contribution in [2.75, 3.05) is 31.6 Å². The van der Waals surface area contributed by atoms with E-state index in [4.69, 9.17) is 9.47 Å². The summed E-state index contributed by atoms with van der Waals surface area (Å²) in [5.41, 5.74) is 2.31. The van der Waals surface area contributed by atoms with Crippen molar-refractivity contribution in [2.24, 2.45) is 0 Å². The van der Waals surface area contributed by atoms with Gasteiger partial charge >= 0.3 is 0 Å². The highest BCUT2D eigenvalue weighted by Crippen LogP contribution is 2.35. The van der Waals surface area contributed by atoms with Crippen molar-refractivity contribution in [3.8, 4) is 17.2 Å². The summed E-state index contributed by atoms with van der Waals surface area (Å²) < 4.78 is 11.5. The predicted octanol–water partition coefficient (Wildman–Crippen LogP) is 5.32. The first-order valence-corrected chi connectivity index (χ1v) is 11.8. The molecule has 6 nitrogen and oxygen atoms in total. The zero-order valence-corrected chi connectivity index (χ0v) is 19.3. The summed E-state index contributed by atoms with van der Waals surface area (Å²) >= 11 is 0. The zero-order valence-electron chi connectivity index (χ0n) is 19.3. The largest absolute Gasteiger partial charge is 0.496 e. The monoisotopic (exact) mass is 456 g/mol. The Morgan fingerprint density at radius 2 is 1.59 bits per heavy atom. The van der Waals surface area contributed by atoms with Crippen LogP contribution in [0.1, 0.15) is 45.5 Å². The molecule has 2 heterocycles. The molecular formula is C28H28N2O4. The van der Waals surface area contributed by atoms with Crippen LogP contribution in [-0.4, -0.2) is 43.5 Å². The van der Waals surface area contributed by atoms with Crippen molar-refractivity contribution in [1.29, 1.82) is 0 Å². The highest BCUT2D eigenvalue weighted by molar-refractivity contribution is 6.34. The van der Waals surface area contributed by atoms with E-state index in [0.29, 0.717) is 34.1 Å². The third kappa shape index (κ3) is 4.41. The average Bonchev–Trinajstić information content (AvgIpc) is 3.46. The van der Waals surface area contributed by atoms with E-state index in [1.807, 2.05) is 42.5 Å². The number of nitrogens with zero attached hydrogens (tertiary/aromatic N) is 2. The number of para-hydroxylation sites is 1. The van der Waals surface area contributed by atoms with Crippen molar-refractivity contribution in [1.82, 2.24) is 4.90 Å². The molecule has 0 aliphatic carbocycles. The maximum atomic E-state index is 13.2. The van der Waals surface area contributed by atoms with Gasteiger partial charge in [-0.15, -0.1) is 0 Å². The van der Waals surface area contributed by atoms with Gasteiger partial charge in [0.05, 0.1) is 23.9 Å². The van der Waals surface area contributed by atoms with Crippen LogP contribution in [0.2, 0.25) is 0 Å². The number of methoxy groups -OCH3 is 1. The molecule has 174 valence electrons. The minimum Gasteiger partial charge on any atom is -0.496 e. The van der Waals surface area contributed by atoms with Crippen LogP contribution in [-0.2, 0) is 6.42 Å². The van der Waals surface area contributed by atoms with E-state index in [2.05, 4.69) is 4.90 Å².